The molecule has 2 rings (SSSR count). The first-order valence-electron chi connectivity index (χ1n) is 5.70. The maximum Gasteiger partial charge on any atom is 0.288 e. The molecule has 0 radical (unpaired) electrons. The van der Waals surface area contributed by atoms with E-state index >= 15 is 0 Å². The van der Waals surface area contributed by atoms with Crippen LogP contribution in [0.25, 0.3) is 0 Å². The zero-order valence-corrected chi connectivity index (χ0v) is 11.7. The molecular formula is C11H15BrN4O2. The van der Waals surface area contributed by atoms with Crippen LogP contribution in [0.1, 0.15) is 13.3 Å². The molecule has 98 valence electrons. The summed E-state index contributed by atoms with van der Waals surface area (Å²) < 4.78 is 0.651. The van der Waals surface area contributed by atoms with E-state index in [9.17, 15) is 10.1 Å². The monoisotopic (exact) mass is 314 g/mol. The van der Waals surface area contributed by atoms with Gasteiger partial charge in [0.1, 0.15) is 12.0 Å². The predicted octanol–water partition coefficient (Wildman–Crippen LogP) is 1.93. The van der Waals surface area contributed by atoms with Crippen molar-refractivity contribution in [2.24, 2.45) is 11.1 Å². The lowest BCUT2D eigenvalue weighted by molar-refractivity contribution is -0.385. The molecule has 0 bridgehead atoms. The third kappa shape index (κ3) is 2.46. The predicted molar refractivity (Wildman–Crippen MR) is 72.6 cm³/mol. The van der Waals surface area contributed by atoms with Crippen LogP contribution >= 0.6 is 15.9 Å². The fourth-order valence-corrected chi connectivity index (χ4v) is 2.71. The van der Waals surface area contributed by atoms with Crippen LogP contribution in [0.15, 0.2) is 16.7 Å². The van der Waals surface area contributed by atoms with Gasteiger partial charge in [-0.25, -0.2) is 4.98 Å². The standard InChI is InChI=1S/C11H15BrN4O2/c1-11(6-13)2-3-15(7-11)10-9(12)4-8(5-14-10)16(17)18/h4-5H,2-3,6-7,13H2,1H3. The normalized spacial score (nSPS) is 23.4. The summed E-state index contributed by atoms with van der Waals surface area (Å²) in [5.41, 5.74) is 5.85. The first-order chi connectivity index (χ1) is 8.45. The third-order valence-electron chi connectivity index (χ3n) is 3.37. The molecule has 1 aliphatic rings. The molecule has 2 heterocycles. The second kappa shape index (κ2) is 4.81. The van der Waals surface area contributed by atoms with Gasteiger partial charge in [-0.15, -0.1) is 0 Å². The van der Waals surface area contributed by atoms with E-state index in [2.05, 4.69) is 32.7 Å². The van der Waals surface area contributed by atoms with E-state index in [1.54, 1.807) is 0 Å². The van der Waals surface area contributed by atoms with E-state index in [0.29, 0.717) is 11.0 Å². The van der Waals surface area contributed by atoms with Crippen LogP contribution in [-0.4, -0.2) is 29.5 Å². The number of pyridine rings is 1. The average molecular weight is 315 g/mol. The van der Waals surface area contributed by atoms with Gasteiger partial charge in [0, 0.05) is 19.2 Å². The molecule has 0 aromatic carbocycles. The average Bonchev–Trinajstić information content (AvgIpc) is 2.72. The summed E-state index contributed by atoms with van der Waals surface area (Å²) in [7, 11) is 0. The fraction of sp³-hybridized carbons (Fsp3) is 0.545. The summed E-state index contributed by atoms with van der Waals surface area (Å²) in [6.07, 6.45) is 2.30. The van der Waals surface area contributed by atoms with E-state index < -0.39 is 4.92 Å². The van der Waals surface area contributed by atoms with Crippen molar-refractivity contribution < 1.29 is 4.92 Å². The van der Waals surface area contributed by atoms with Crippen LogP contribution in [0.2, 0.25) is 0 Å². The van der Waals surface area contributed by atoms with E-state index in [1.165, 1.54) is 12.3 Å². The van der Waals surface area contributed by atoms with Gasteiger partial charge < -0.3 is 10.6 Å². The fourth-order valence-electron chi connectivity index (χ4n) is 2.12. The number of nitrogens with two attached hydrogens (primary N) is 1. The van der Waals surface area contributed by atoms with Crippen molar-refractivity contribution in [1.82, 2.24) is 4.98 Å². The number of hydrogen-bond donors (Lipinski definition) is 1. The Morgan fingerprint density at radius 2 is 2.44 bits per heavy atom. The lowest BCUT2D eigenvalue weighted by Crippen LogP contribution is -2.31. The van der Waals surface area contributed by atoms with Gasteiger partial charge in [-0.2, -0.15) is 0 Å². The van der Waals surface area contributed by atoms with Gasteiger partial charge in [0.25, 0.3) is 5.69 Å². The van der Waals surface area contributed by atoms with Gasteiger partial charge in [0.05, 0.1) is 9.40 Å². The van der Waals surface area contributed by atoms with Crippen molar-refractivity contribution >= 4 is 27.4 Å². The smallest absolute Gasteiger partial charge is 0.288 e. The topological polar surface area (TPSA) is 85.3 Å². The van der Waals surface area contributed by atoms with Crippen LogP contribution in [-0.2, 0) is 0 Å². The highest BCUT2D eigenvalue weighted by atomic mass is 79.9. The van der Waals surface area contributed by atoms with Crippen molar-refractivity contribution in [3.63, 3.8) is 0 Å². The molecule has 18 heavy (non-hydrogen) atoms. The Labute approximate surface area is 113 Å². The maximum atomic E-state index is 10.6. The van der Waals surface area contributed by atoms with Crippen LogP contribution in [0.4, 0.5) is 11.5 Å². The van der Waals surface area contributed by atoms with Crippen molar-refractivity contribution in [2.45, 2.75) is 13.3 Å². The minimum absolute atomic E-state index is 0.00796. The van der Waals surface area contributed by atoms with Gasteiger partial charge in [-0.3, -0.25) is 10.1 Å². The van der Waals surface area contributed by atoms with Crippen LogP contribution in [0.3, 0.4) is 0 Å². The first kappa shape index (κ1) is 13.2. The third-order valence-corrected chi connectivity index (χ3v) is 3.95. The summed E-state index contributed by atoms with van der Waals surface area (Å²) >= 11 is 3.35. The molecular weight excluding hydrogens is 300 g/mol. The lowest BCUT2D eigenvalue weighted by Gasteiger charge is -2.23. The van der Waals surface area contributed by atoms with Gasteiger partial charge in [-0.05, 0) is 34.3 Å². The number of nitro groups is 1. The minimum atomic E-state index is -0.449. The summed E-state index contributed by atoms with van der Waals surface area (Å²) in [6.45, 7) is 4.48. The number of aromatic nitrogens is 1. The highest BCUT2D eigenvalue weighted by Crippen LogP contribution is 2.35. The second-order valence-corrected chi connectivity index (χ2v) is 5.80. The number of hydrogen-bond acceptors (Lipinski definition) is 5. The van der Waals surface area contributed by atoms with Crippen molar-refractivity contribution in [3.05, 3.63) is 26.9 Å². The molecule has 1 aliphatic heterocycles. The molecule has 1 fully saturated rings. The molecule has 1 unspecified atom stereocenters. The minimum Gasteiger partial charge on any atom is -0.355 e. The molecule has 6 nitrogen and oxygen atoms in total. The number of rotatable bonds is 3. The van der Waals surface area contributed by atoms with Crippen LogP contribution in [0, 0.1) is 15.5 Å². The summed E-state index contributed by atoms with van der Waals surface area (Å²) in [6, 6.07) is 1.49. The van der Waals surface area contributed by atoms with E-state index in [0.717, 1.165) is 25.3 Å². The molecule has 0 spiro atoms. The Balaban J connectivity index is 2.23. The Morgan fingerprint density at radius 1 is 1.72 bits per heavy atom. The van der Waals surface area contributed by atoms with Crippen molar-refractivity contribution in [2.75, 3.05) is 24.5 Å². The highest BCUT2D eigenvalue weighted by Gasteiger charge is 2.34. The number of halogens is 1. The molecule has 7 heteroatoms. The van der Waals surface area contributed by atoms with E-state index in [4.69, 9.17) is 5.73 Å². The van der Waals surface area contributed by atoms with Crippen LogP contribution in [0.5, 0.6) is 0 Å². The highest BCUT2D eigenvalue weighted by molar-refractivity contribution is 9.10. The number of anilines is 1. The Hall–Kier alpha value is -1.21. The quantitative estimate of drug-likeness (QED) is 0.680. The summed E-state index contributed by atoms with van der Waals surface area (Å²) in [5, 5.41) is 10.6. The van der Waals surface area contributed by atoms with Gasteiger partial charge >= 0.3 is 0 Å². The molecule has 0 amide bonds. The molecule has 0 aliphatic carbocycles. The van der Waals surface area contributed by atoms with Gasteiger partial charge in [0.15, 0.2) is 0 Å². The SMILES string of the molecule is CC1(CN)CCN(c2ncc([N+](=O)[O-])cc2Br)C1. The molecule has 2 N–H and O–H groups in total. The molecule has 1 atom stereocenters. The Kier molecular flexibility index (Phi) is 3.54. The van der Waals surface area contributed by atoms with Gasteiger partial charge in [-0.1, -0.05) is 6.92 Å². The van der Waals surface area contributed by atoms with Crippen LogP contribution < -0.4 is 10.6 Å². The molecule has 1 aromatic heterocycles. The van der Waals surface area contributed by atoms with Gasteiger partial charge in [0.2, 0.25) is 0 Å². The second-order valence-electron chi connectivity index (χ2n) is 4.94. The maximum absolute atomic E-state index is 10.6. The van der Waals surface area contributed by atoms with Crippen molar-refractivity contribution in [3.8, 4) is 0 Å². The van der Waals surface area contributed by atoms with E-state index in [1.807, 2.05) is 0 Å². The molecule has 0 saturated carbocycles. The summed E-state index contributed by atoms with van der Waals surface area (Å²) in [4.78, 5) is 16.5. The molecule has 1 aromatic rings. The zero-order valence-electron chi connectivity index (χ0n) is 10.1. The van der Waals surface area contributed by atoms with Crippen molar-refractivity contribution in [1.29, 1.82) is 0 Å². The largest absolute Gasteiger partial charge is 0.355 e. The summed E-state index contributed by atoms with van der Waals surface area (Å²) in [5.74, 6) is 0.748. The Morgan fingerprint density at radius 3 is 2.94 bits per heavy atom. The Bertz CT molecular complexity index is 482. The first-order valence-corrected chi connectivity index (χ1v) is 6.49. The number of nitrogens with zero attached hydrogens (tertiary/aromatic N) is 3. The zero-order chi connectivity index (χ0) is 13.3. The lowest BCUT2D eigenvalue weighted by atomic mass is 9.90. The van der Waals surface area contributed by atoms with E-state index in [-0.39, 0.29) is 11.1 Å². The molecule has 1 saturated heterocycles.